The van der Waals surface area contributed by atoms with Gasteiger partial charge in [0.25, 0.3) is 0 Å². The molecule has 0 radical (unpaired) electrons. The van der Waals surface area contributed by atoms with Crippen LogP contribution in [0, 0.1) is 0 Å². The SMILES string of the molecule is CNC1CCCc2cc3c(cc21)C(C)(C)CCC3(C)C. The molecule has 0 saturated carbocycles. The largest absolute Gasteiger partial charge is 0.313 e. The Morgan fingerprint density at radius 3 is 2.20 bits per heavy atom. The highest BCUT2D eigenvalue weighted by Gasteiger charge is 2.38. The predicted molar refractivity (Wildman–Crippen MR) is 86.5 cm³/mol. The lowest BCUT2D eigenvalue weighted by atomic mass is 9.62. The fraction of sp³-hybridized carbons (Fsp3) is 0.684. The van der Waals surface area contributed by atoms with E-state index in [1.807, 2.05) is 0 Å². The molecule has 0 amide bonds. The topological polar surface area (TPSA) is 12.0 Å². The second kappa shape index (κ2) is 4.59. The zero-order valence-electron chi connectivity index (χ0n) is 13.8. The summed E-state index contributed by atoms with van der Waals surface area (Å²) in [6.45, 7) is 9.69. The van der Waals surface area contributed by atoms with Gasteiger partial charge < -0.3 is 5.32 Å². The van der Waals surface area contributed by atoms with Gasteiger partial charge in [0, 0.05) is 6.04 Å². The van der Waals surface area contributed by atoms with Crippen LogP contribution in [0.1, 0.15) is 81.7 Å². The Kier molecular flexibility index (Phi) is 3.25. The molecular weight excluding hydrogens is 242 g/mol. The van der Waals surface area contributed by atoms with E-state index in [1.54, 1.807) is 22.3 Å². The van der Waals surface area contributed by atoms with Gasteiger partial charge in [0.2, 0.25) is 0 Å². The van der Waals surface area contributed by atoms with Crippen molar-refractivity contribution in [3.05, 3.63) is 34.4 Å². The zero-order valence-corrected chi connectivity index (χ0v) is 13.8. The second-order valence-electron chi connectivity index (χ2n) is 8.10. The lowest BCUT2D eigenvalue weighted by Gasteiger charge is -2.43. The molecule has 0 spiro atoms. The van der Waals surface area contributed by atoms with Crippen LogP contribution in [0.3, 0.4) is 0 Å². The van der Waals surface area contributed by atoms with E-state index in [9.17, 15) is 0 Å². The zero-order chi connectivity index (χ0) is 14.5. The molecule has 1 aromatic rings. The first-order chi connectivity index (χ1) is 9.35. The van der Waals surface area contributed by atoms with Crippen LogP contribution in [0.4, 0.5) is 0 Å². The molecule has 110 valence electrons. The van der Waals surface area contributed by atoms with Crippen molar-refractivity contribution in [3.63, 3.8) is 0 Å². The van der Waals surface area contributed by atoms with Crippen LogP contribution in [0.15, 0.2) is 12.1 Å². The molecule has 1 heteroatoms. The van der Waals surface area contributed by atoms with Gasteiger partial charge >= 0.3 is 0 Å². The van der Waals surface area contributed by atoms with Crippen LogP contribution >= 0.6 is 0 Å². The molecule has 1 unspecified atom stereocenters. The van der Waals surface area contributed by atoms with Crippen LogP contribution in [-0.4, -0.2) is 7.05 Å². The van der Waals surface area contributed by atoms with E-state index in [0.29, 0.717) is 16.9 Å². The normalized spacial score (nSPS) is 26.8. The number of rotatable bonds is 1. The van der Waals surface area contributed by atoms with Crippen molar-refractivity contribution in [1.82, 2.24) is 5.32 Å². The molecule has 0 aliphatic heterocycles. The molecule has 2 aliphatic rings. The lowest BCUT2D eigenvalue weighted by molar-refractivity contribution is 0.330. The maximum absolute atomic E-state index is 3.51. The highest BCUT2D eigenvalue weighted by Crippen LogP contribution is 2.48. The molecule has 3 rings (SSSR count). The van der Waals surface area contributed by atoms with Crippen LogP contribution in [0.5, 0.6) is 0 Å². The van der Waals surface area contributed by atoms with Crippen molar-refractivity contribution in [2.45, 2.75) is 76.7 Å². The van der Waals surface area contributed by atoms with E-state index in [2.05, 4.69) is 52.2 Å². The van der Waals surface area contributed by atoms with Gasteiger partial charge in [0.1, 0.15) is 0 Å². The van der Waals surface area contributed by atoms with E-state index >= 15 is 0 Å². The Hall–Kier alpha value is -0.820. The van der Waals surface area contributed by atoms with Crippen LogP contribution in [0.2, 0.25) is 0 Å². The first-order valence-corrected chi connectivity index (χ1v) is 8.20. The van der Waals surface area contributed by atoms with Gasteiger partial charge in [-0.05, 0) is 72.2 Å². The summed E-state index contributed by atoms with van der Waals surface area (Å²) in [5.41, 5.74) is 7.06. The quantitative estimate of drug-likeness (QED) is 0.785. The Labute approximate surface area is 124 Å². The molecular formula is C19H29N. The number of hydrogen-bond acceptors (Lipinski definition) is 1. The first-order valence-electron chi connectivity index (χ1n) is 8.20. The van der Waals surface area contributed by atoms with Gasteiger partial charge in [-0.3, -0.25) is 0 Å². The second-order valence-corrected chi connectivity index (χ2v) is 8.10. The van der Waals surface area contributed by atoms with E-state index in [0.717, 1.165) is 0 Å². The van der Waals surface area contributed by atoms with Gasteiger partial charge in [0.05, 0.1) is 0 Å². The summed E-state index contributed by atoms with van der Waals surface area (Å²) in [4.78, 5) is 0. The predicted octanol–water partition coefficient (Wildman–Crippen LogP) is 4.63. The minimum Gasteiger partial charge on any atom is -0.313 e. The van der Waals surface area contributed by atoms with Crippen LogP contribution in [0.25, 0.3) is 0 Å². The molecule has 0 aromatic heterocycles. The van der Waals surface area contributed by atoms with E-state index in [4.69, 9.17) is 0 Å². The molecule has 0 bridgehead atoms. The summed E-state index contributed by atoms with van der Waals surface area (Å²) in [5.74, 6) is 0. The summed E-state index contributed by atoms with van der Waals surface area (Å²) in [7, 11) is 2.11. The summed E-state index contributed by atoms with van der Waals surface area (Å²) in [6.07, 6.45) is 6.47. The summed E-state index contributed by atoms with van der Waals surface area (Å²) >= 11 is 0. The van der Waals surface area contributed by atoms with Crippen LogP contribution < -0.4 is 5.32 Å². The Morgan fingerprint density at radius 1 is 1.00 bits per heavy atom. The molecule has 20 heavy (non-hydrogen) atoms. The van der Waals surface area contributed by atoms with Crippen molar-refractivity contribution in [3.8, 4) is 0 Å². The van der Waals surface area contributed by atoms with Crippen molar-refractivity contribution in [1.29, 1.82) is 0 Å². The highest BCUT2D eigenvalue weighted by atomic mass is 14.9. The Morgan fingerprint density at radius 2 is 1.60 bits per heavy atom. The maximum Gasteiger partial charge on any atom is 0.0320 e. The maximum atomic E-state index is 3.51. The van der Waals surface area contributed by atoms with Crippen molar-refractivity contribution in [2.75, 3.05) is 7.05 Å². The molecule has 1 aromatic carbocycles. The van der Waals surface area contributed by atoms with Gasteiger partial charge in [-0.2, -0.15) is 0 Å². The van der Waals surface area contributed by atoms with Gasteiger partial charge in [-0.25, -0.2) is 0 Å². The van der Waals surface area contributed by atoms with Gasteiger partial charge in [-0.15, -0.1) is 0 Å². The summed E-state index contributed by atoms with van der Waals surface area (Å²) in [6, 6.07) is 5.66. The van der Waals surface area contributed by atoms with E-state index in [1.165, 1.54) is 32.1 Å². The molecule has 0 heterocycles. The average molecular weight is 271 g/mol. The highest BCUT2D eigenvalue weighted by molar-refractivity contribution is 5.48. The van der Waals surface area contributed by atoms with Crippen molar-refractivity contribution in [2.24, 2.45) is 0 Å². The standard InChI is InChI=1S/C19H29N/c1-18(2)9-10-19(3,4)16-12-14-13(11-15(16)18)7-6-8-17(14)20-5/h11-12,17,20H,6-10H2,1-5H3. The van der Waals surface area contributed by atoms with Crippen molar-refractivity contribution >= 4 is 0 Å². The number of fused-ring (bicyclic) bond motifs is 2. The molecule has 1 atom stereocenters. The Balaban J connectivity index is 2.20. The third-order valence-electron chi connectivity index (χ3n) is 5.78. The van der Waals surface area contributed by atoms with Gasteiger partial charge in [0.15, 0.2) is 0 Å². The third-order valence-corrected chi connectivity index (χ3v) is 5.78. The van der Waals surface area contributed by atoms with Crippen LogP contribution in [-0.2, 0) is 17.3 Å². The fourth-order valence-corrected chi connectivity index (χ4v) is 4.17. The lowest BCUT2D eigenvalue weighted by Crippen LogP contribution is -2.35. The Bertz CT molecular complexity index is 525. The average Bonchev–Trinajstić information content (AvgIpc) is 2.42. The fourth-order valence-electron chi connectivity index (χ4n) is 4.17. The monoisotopic (exact) mass is 271 g/mol. The number of benzene rings is 1. The molecule has 2 aliphatic carbocycles. The number of nitrogens with one attached hydrogen (secondary N) is 1. The minimum atomic E-state index is 0.329. The molecule has 1 N–H and O–H groups in total. The number of aryl methyl sites for hydroxylation is 1. The molecule has 0 saturated heterocycles. The summed E-state index contributed by atoms with van der Waals surface area (Å²) in [5, 5.41) is 3.51. The van der Waals surface area contributed by atoms with Gasteiger partial charge in [-0.1, -0.05) is 39.8 Å². The summed E-state index contributed by atoms with van der Waals surface area (Å²) < 4.78 is 0. The minimum absolute atomic E-state index is 0.329. The smallest absolute Gasteiger partial charge is 0.0320 e. The van der Waals surface area contributed by atoms with E-state index < -0.39 is 0 Å². The van der Waals surface area contributed by atoms with E-state index in [-0.39, 0.29) is 0 Å². The first kappa shape index (κ1) is 14.1. The third kappa shape index (κ3) is 2.11. The molecule has 0 fully saturated rings. The number of hydrogen-bond donors (Lipinski definition) is 1. The molecule has 1 nitrogen and oxygen atoms in total. The van der Waals surface area contributed by atoms with Crippen molar-refractivity contribution < 1.29 is 0 Å².